The van der Waals surface area contributed by atoms with Gasteiger partial charge >= 0.3 is 0 Å². The van der Waals surface area contributed by atoms with Gasteiger partial charge in [-0.15, -0.1) is 0 Å². The predicted octanol–water partition coefficient (Wildman–Crippen LogP) is 5.34. The molecular formula is C23H21N5OS. The number of aromatic nitrogens is 4. The molecule has 2 aromatic carbocycles. The zero-order valence-corrected chi connectivity index (χ0v) is 17.7. The fraction of sp³-hybridized carbons (Fsp3) is 0.174. The fourth-order valence-corrected chi connectivity index (χ4v) is 4.33. The molecule has 1 unspecified atom stereocenters. The van der Waals surface area contributed by atoms with Gasteiger partial charge in [-0.05, 0) is 56.2 Å². The summed E-state index contributed by atoms with van der Waals surface area (Å²) in [5, 5.41) is 20.9. The Labute approximate surface area is 178 Å². The number of nitriles is 1. The zero-order chi connectivity index (χ0) is 21.3. The molecule has 0 aliphatic carbocycles. The van der Waals surface area contributed by atoms with Crippen molar-refractivity contribution in [2.45, 2.75) is 31.2 Å². The molecule has 0 aliphatic heterocycles. The van der Waals surface area contributed by atoms with Crippen LogP contribution >= 0.6 is 11.8 Å². The Kier molecular flexibility index (Phi) is 5.34. The van der Waals surface area contributed by atoms with E-state index in [1.54, 1.807) is 6.20 Å². The Morgan fingerprint density at radius 2 is 1.93 bits per heavy atom. The maximum Gasteiger partial charge on any atom is 0.173 e. The molecule has 30 heavy (non-hydrogen) atoms. The molecule has 0 radical (unpaired) electrons. The largest absolute Gasteiger partial charge is 0.510 e. The van der Waals surface area contributed by atoms with Gasteiger partial charge in [0, 0.05) is 18.1 Å². The molecule has 0 bridgehead atoms. The molecule has 0 saturated carbocycles. The van der Waals surface area contributed by atoms with Crippen molar-refractivity contribution in [1.29, 1.82) is 5.26 Å². The number of nitrogens with zero attached hydrogens (tertiary/aromatic N) is 4. The fourth-order valence-electron chi connectivity index (χ4n) is 3.38. The summed E-state index contributed by atoms with van der Waals surface area (Å²) < 4.78 is 1.99. The van der Waals surface area contributed by atoms with Gasteiger partial charge in [0.25, 0.3) is 0 Å². The van der Waals surface area contributed by atoms with Gasteiger partial charge in [0.05, 0.1) is 16.3 Å². The quantitative estimate of drug-likeness (QED) is 0.261. The molecule has 4 rings (SSSR count). The summed E-state index contributed by atoms with van der Waals surface area (Å²) in [6.07, 6.45) is 3.63. The molecular weight excluding hydrogens is 394 g/mol. The monoisotopic (exact) mass is 415 g/mol. The van der Waals surface area contributed by atoms with E-state index in [0.29, 0.717) is 5.82 Å². The molecule has 1 atom stereocenters. The third-order valence-corrected chi connectivity index (χ3v) is 5.84. The highest BCUT2D eigenvalue weighted by Crippen LogP contribution is 2.31. The lowest BCUT2D eigenvalue weighted by atomic mass is 10.1. The summed E-state index contributed by atoms with van der Waals surface area (Å²) in [7, 11) is 0. The second kappa shape index (κ2) is 8.09. The lowest BCUT2D eigenvalue weighted by Gasteiger charge is -2.14. The maximum atomic E-state index is 10.8. The van der Waals surface area contributed by atoms with E-state index in [4.69, 9.17) is 0 Å². The number of aliphatic hydroxyl groups is 1. The Morgan fingerprint density at radius 1 is 1.20 bits per heavy atom. The van der Waals surface area contributed by atoms with Crippen molar-refractivity contribution in [1.82, 2.24) is 19.5 Å². The van der Waals surface area contributed by atoms with Crippen molar-refractivity contribution in [3.8, 4) is 11.8 Å². The summed E-state index contributed by atoms with van der Waals surface area (Å²) in [4.78, 5) is 12.0. The summed E-state index contributed by atoms with van der Waals surface area (Å²) >= 11 is 1.39. The number of para-hydroxylation sites is 2. The highest BCUT2D eigenvalue weighted by Gasteiger charge is 2.21. The van der Waals surface area contributed by atoms with Crippen LogP contribution in [-0.4, -0.2) is 29.9 Å². The number of imidazole rings is 2. The van der Waals surface area contributed by atoms with Crippen LogP contribution in [-0.2, 0) is 0 Å². The average molecular weight is 416 g/mol. The van der Waals surface area contributed by atoms with Gasteiger partial charge in [0.15, 0.2) is 11.0 Å². The van der Waals surface area contributed by atoms with E-state index < -0.39 is 0 Å². The number of aliphatic hydroxyl groups excluding tert-OH is 1. The topological polar surface area (TPSA) is 90.5 Å². The van der Waals surface area contributed by atoms with Crippen LogP contribution in [0.1, 0.15) is 23.9 Å². The molecule has 2 N–H and O–H groups in total. The minimum Gasteiger partial charge on any atom is -0.510 e. The van der Waals surface area contributed by atoms with Crippen molar-refractivity contribution in [2.75, 3.05) is 0 Å². The first kappa shape index (κ1) is 19.8. The zero-order valence-electron chi connectivity index (χ0n) is 16.9. The third kappa shape index (κ3) is 3.82. The highest BCUT2D eigenvalue weighted by atomic mass is 32.2. The van der Waals surface area contributed by atoms with Crippen LogP contribution in [0.15, 0.2) is 65.8 Å². The number of aryl methyl sites for hydroxylation is 2. The Hall–Kier alpha value is -3.50. The van der Waals surface area contributed by atoms with E-state index in [1.165, 1.54) is 22.9 Å². The Bertz CT molecular complexity index is 1240. The molecule has 2 heterocycles. The number of H-pyrrole nitrogens is 1. The molecule has 4 aromatic rings. The summed E-state index contributed by atoms with van der Waals surface area (Å²) in [5.41, 5.74) is 5.05. The van der Waals surface area contributed by atoms with E-state index in [2.05, 4.69) is 53.1 Å². The van der Waals surface area contributed by atoms with Crippen LogP contribution in [0.25, 0.3) is 22.3 Å². The molecule has 7 heteroatoms. The standard InChI is InChI=1S/C23H21N5OS/c1-14-10-15(2)12-17(11-14)28-9-8-25-23(28)30-16(3)21(29)18(13-24)22-26-19-6-4-5-7-20(19)27-22/h4-12,16,29H,1-3H3,(H,26,27)/b21-18+. The van der Waals surface area contributed by atoms with Crippen LogP contribution in [0.2, 0.25) is 0 Å². The molecule has 0 fully saturated rings. The van der Waals surface area contributed by atoms with E-state index >= 15 is 0 Å². The number of hydrogen-bond donors (Lipinski definition) is 2. The number of allylic oxidation sites excluding steroid dienone is 1. The molecule has 0 spiro atoms. The second-order valence-corrected chi connectivity index (χ2v) is 8.47. The van der Waals surface area contributed by atoms with Crippen LogP contribution in [0.4, 0.5) is 0 Å². The molecule has 2 aromatic heterocycles. The van der Waals surface area contributed by atoms with Crippen molar-refractivity contribution >= 4 is 28.4 Å². The molecule has 0 saturated heterocycles. The van der Waals surface area contributed by atoms with Crippen LogP contribution < -0.4 is 0 Å². The van der Waals surface area contributed by atoms with Crippen molar-refractivity contribution in [3.63, 3.8) is 0 Å². The number of hydrogen-bond acceptors (Lipinski definition) is 5. The molecule has 0 amide bonds. The van der Waals surface area contributed by atoms with Gasteiger partial charge in [0.2, 0.25) is 0 Å². The number of fused-ring (bicyclic) bond motifs is 1. The highest BCUT2D eigenvalue weighted by molar-refractivity contribution is 7.99. The van der Waals surface area contributed by atoms with Gasteiger partial charge in [-0.1, -0.05) is 30.0 Å². The molecule has 6 nitrogen and oxygen atoms in total. The SMILES string of the molecule is Cc1cc(C)cc(-n2ccnc2SC(C)/C(O)=C(/C#N)c2nc3ccccc3[nH]2)c1. The van der Waals surface area contributed by atoms with Crippen molar-refractivity contribution < 1.29 is 5.11 Å². The van der Waals surface area contributed by atoms with Crippen molar-refractivity contribution in [2.24, 2.45) is 0 Å². The minimum atomic E-state index is -0.389. The predicted molar refractivity (Wildman–Crippen MR) is 120 cm³/mol. The summed E-state index contributed by atoms with van der Waals surface area (Å²) in [6.45, 7) is 5.97. The normalized spacial score (nSPS) is 13.1. The van der Waals surface area contributed by atoms with Crippen LogP contribution in [0.3, 0.4) is 0 Å². The van der Waals surface area contributed by atoms with Crippen LogP contribution in [0.5, 0.6) is 0 Å². The number of benzene rings is 2. The number of aromatic amines is 1. The minimum absolute atomic E-state index is 0.0310. The van der Waals surface area contributed by atoms with Gasteiger partial charge in [-0.25, -0.2) is 9.97 Å². The molecule has 150 valence electrons. The van der Waals surface area contributed by atoms with E-state index in [0.717, 1.165) is 21.9 Å². The van der Waals surface area contributed by atoms with Gasteiger partial charge < -0.3 is 10.1 Å². The van der Waals surface area contributed by atoms with E-state index in [1.807, 2.05) is 42.0 Å². The first-order valence-corrected chi connectivity index (χ1v) is 10.4. The van der Waals surface area contributed by atoms with Gasteiger partial charge in [0.1, 0.15) is 17.4 Å². The second-order valence-electron chi connectivity index (χ2n) is 7.16. The average Bonchev–Trinajstić information content (AvgIpc) is 3.34. The smallest absolute Gasteiger partial charge is 0.173 e. The van der Waals surface area contributed by atoms with E-state index in [-0.39, 0.29) is 16.6 Å². The third-order valence-electron chi connectivity index (χ3n) is 4.75. The Morgan fingerprint density at radius 3 is 2.63 bits per heavy atom. The Balaban J connectivity index is 1.66. The van der Waals surface area contributed by atoms with Gasteiger partial charge in [-0.2, -0.15) is 5.26 Å². The first-order chi connectivity index (χ1) is 14.5. The van der Waals surface area contributed by atoms with Crippen LogP contribution in [0, 0.1) is 25.2 Å². The lowest BCUT2D eigenvalue weighted by Crippen LogP contribution is -2.07. The van der Waals surface area contributed by atoms with Gasteiger partial charge in [-0.3, -0.25) is 4.57 Å². The first-order valence-electron chi connectivity index (χ1n) is 9.53. The summed E-state index contributed by atoms with van der Waals surface area (Å²) in [6, 6.07) is 15.9. The summed E-state index contributed by atoms with van der Waals surface area (Å²) in [5.74, 6) is 0.331. The molecule has 0 aliphatic rings. The number of rotatable bonds is 5. The van der Waals surface area contributed by atoms with Crippen molar-refractivity contribution in [3.05, 3.63) is 77.6 Å². The lowest BCUT2D eigenvalue weighted by molar-refractivity contribution is 0.401. The number of thioether (sulfide) groups is 1. The maximum absolute atomic E-state index is 10.8. The van der Waals surface area contributed by atoms with E-state index in [9.17, 15) is 10.4 Å². The number of nitrogens with one attached hydrogen (secondary N) is 1.